The Morgan fingerprint density at radius 2 is 1.92 bits per heavy atom. The van der Waals surface area contributed by atoms with Crippen LogP contribution in [0.25, 0.3) is 6.08 Å². The van der Waals surface area contributed by atoms with Crippen molar-refractivity contribution in [2.75, 3.05) is 31.6 Å². The van der Waals surface area contributed by atoms with Gasteiger partial charge >= 0.3 is 0 Å². The maximum Gasteiger partial charge on any atom is 0.272 e. The second-order valence-electron chi connectivity index (χ2n) is 5.12. The van der Waals surface area contributed by atoms with Gasteiger partial charge in [0.2, 0.25) is 15.4 Å². The smallest absolute Gasteiger partial charge is 0.272 e. The Hall–Kier alpha value is -2.14. The van der Waals surface area contributed by atoms with Gasteiger partial charge in [-0.1, -0.05) is 41.7 Å². The lowest BCUT2D eigenvalue weighted by molar-refractivity contribution is -0.111. The lowest BCUT2D eigenvalue weighted by Gasteiger charge is -2.24. The van der Waals surface area contributed by atoms with Crippen LogP contribution in [-0.2, 0) is 19.6 Å². The average Bonchev–Trinajstić information content (AvgIpc) is 3.11. The van der Waals surface area contributed by atoms with Crippen molar-refractivity contribution in [3.05, 3.63) is 42.0 Å². The predicted molar refractivity (Wildman–Crippen MR) is 93.6 cm³/mol. The summed E-state index contributed by atoms with van der Waals surface area (Å²) in [4.78, 5) is 11.9. The Kier molecular flexibility index (Phi) is 5.53. The number of nitrogens with zero attached hydrogens (tertiary/aromatic N) is 3. The molecule has 1 fully saturated rings. The number of aromatic nitrogens is 2. The van der Waals surface area contributed by atoms with E-state index in [1.165, 1.54) is 10.4 Å². The van der Waals surface area contributed by atoms with Gasteiger partial charge in [-0.2, -0.15) is 4.31 Å². The summed E-state index contributed by atoms with van der Waals surface area (Å²) in [5, 5.41) is 10.1. The van der Waals surface area contributed by atoms with E-state index in [1.54, 1.807) is 6.08 Å². The van der Waals surface area contributed by atoms with Crippen molar-refractivity contribution in [1.82, 2.24) is 14.5 Å². The maximum atomic E-state index is 12.4. The minimum atomic E-state index is -3.70. The standard InChI is InChI=1S/C15H16N4O4S2/c20-13(7-6-12-4-2-1-3-5-12)16-14-17-18-15(24-14)25(21,22)19-8-10-23-11-9-19/h1-7H,8-11H2,(H,16,17,20). The molecule has 132 valence electrons. The van der Waals surface area contributed by atoms with Gasteiger partial charge in [-0.3, -0.25) is 10.1 Å². The van der Waals surface area contributed by atoms with Crippen LogP contribution >= 0.6 is 11.3 Å². The Morgan fingerprint density at radius 1 is 1.20 bits per heavy atom. The summed E-state index contributed by atoms with van der Waals surface area (Å²) >= 11 is 0.825. The van der Waals surface area contributed by atoms with Gasteiger partial charge < -0.3 is 4.74 Å². The number of rotatable bonds is 5. The van der Waals surface area contributed by atoms with Crippen LogP contribution in [0.5, 0.6) is 0 Å². The van der Waals surface area contributed by atoms with Crippen molar-refractivity contribution in [3.63, 3.8) is 0 Å². The number of benzene rings is 1. The first-order valence-corrected chi connectivity index (χ1v) is 9.77. The molecule has 1 aliphatic rings. The van der Waals surface area contributed by atoms with E-state index in [2.05, 4.69) is 15.5 Å². The Labute approximate surface area is 149 Å². The first-order valence-electron chi connectivity index (χ1n) is 7.51. The lowest BCUT2D eigenvalue weighted by Crippen LogP contribution is -2.40. The molecule has 3 rings (SSSR count). The molecule has 1 aromatic carbocycles. The molecule has 25 heavy (non-hydrogen) atoms. The first kappa shape index (κ1) is 17.7. The number of ether oxygens (including phenoxy) is 1. The number of nitrogens with one attached hydrogen (secondary N) is 1. The third kappa shape index (κ3) is 4.48. The fourth-order valence-electron chi connectivity index (χ4n) is 2.15. The molecule has 1 saturated heterocycles. The first-order chi connectivity index (χ1) is 12.1. The molecule has 1 N–H and O–H groups in total. The molecule has 0 atom stereocenters. The molecule has 0 bridgehead atoms. The number of anilines is 1. The van der Waals surface area contributed by atoms with E-state index >= 15 is 0 Å². The summed E-state index contributed by atoms with van der Waals surface area (Å²) in [7, 11) is -3.70. The van der Waals surface area contributed by atoms with Crippen molar-refractivity contribution in [2.24, 2.45) is 0 Å². The summed E-state index contributed by atoms with van der Waals surface area (Å²) in [6, 6.07) is 9.34. The number of sulfonamides is 1. The van der Waals surface area contributed by atoms with Crippen molar-refractivity contribution in [3.8, 4) is 0 Å². The Balaban J connectivity index is 1.65. The maximum absolute atomic E-state index is 12.4. The highest BCUT2D eigenvalue weighted by Crippen LogP contribution is 2.23. The summed E-state index contributed by atoms with van der Waals surface area (Å²) in [6.45, 7) is 1.27. The van der Waals surface area contributed by atoms with Crippen LogP contribution < -0.4 is 5.32 Å². The minimum absolute atomic E-state index is 0.134. The molecule has 2 heterocycles. The summed E-state index contributed by atoms with van der Waals surface area (Å²) in [6.07, 6.45) is 3.01. The van der Waals surface area contributed by atoms with Crippen LogP contribution in [0, 0.1) is 0 Å². The fraction of sp³-hybridized carbons (Fsp3) is 0.267. The van der Waals surface area contributed by atoms with Gasteiger partial charge in [-0.25, -0.2) is 8.42 Å². The molecule has 1 aromatic heterocycles. The van der Waals surface area contributed by atoms with Gasteiger partial charge in [0.15, 0.2) is 0 Å². The molecule has 0 unspecified atom stereocenters. The van der Waals surface area contributed by atoms with Crippen molar-refractivity contribution >= 4 is 38.5 Å². The zero-order valence-electron chi connectivity index (χ0n) is 13.2. The van der Waals surface area contributed by atoms with Crippen molar-refractivity contribution in [1.29, 1.82) is 0 Å². The highest BCUT2D eigenvalue weighted by molar-refractivity contribution is 7.91. The number of amides is 1. The number of hydrogen-bond donors (Lipinski definition) is 1. The predicted octanol–water partition coefficient (Wildman–Crippen LogP) is 1.21. The SMILES string of the molecule is O=C(C=Cc1ccccc1)Nc1nnc(S(=O)(=O)N2CCOCC2)s1. The van der Waals surface area contributed by atoms with Gasteiger partial charge in [-0.15, -0.1) is 10.2 Å². The molecule has 8 nitrogen and oxygen atoms in total. The van der Waals surface area contributed by atoms with Gasteiger partial charge in [0, 0.05) is 19.2 Å². The monoisotopic (exact) mass is 380 g/mol. The number of hydrogen-bond acceptors (Lipinski definition) is 7. The molecule has 1 amide bonds. The second kappa shape index (κ2) is 7.83. The van der Waals surface area contributed by atoms with E-state index in [0.29, 0.717) is 13.2 Å². The zero-order valence-corrected chi connectivity index (χ0v) is 14.8. The quantitative estimate of drug-likeness (QED) is 0.618. The van der Waals surface area contributed by atoms with Gasteiger partial charge in [0.1, 0.15) is 0 Å². The van der Waals surface area contributed by atoms with Crippen LogP contribution in [0.4, 0.5) is 5.13 Å². The minimum Gasteiger partial charge on any atom is -0.379 e. The number of carbonyl (C=O) groups excluding carboxylic acids is 1. The molecule has 0 aliphatic carbocycles. The van der Waals surface area contributed by atoms with Crippen LogP contribution in [0.2, 0.25) is 0 Å². The Morgan fingerprint density at radius 3 is 2.64 bits per heavy atom. The van der Waals surface area contributed by atoms with Crippen molar-refractivity contribution < 1.29 is 17.9 Å². The van der Waals surface area contributed by atoms with Gasteiger partial charge in [0.05, 0.1) is 13.2 Å². The normalized spacial score (nSPS) is 16.2. The molecule has 2 aromatic rings. The molecule has 1 aliphatic heterocycles. The third-order valence-electron chi connectivity index (χ3n) is 3.39. The number of morpholine rings is 1. The number of carbonyl (C=O) groups is 1. The molecule has 10 heteroatoms. The van der Waals surface area contributed by atoms with E-state index in [4.69, 9.17) is 4.74 Å². The highest BCUT2D eigenvalue weighted by Gasteiger charge is 2.30. The third-order valence-corrected chi connectivity index (χ3v) is 6.48. The van der Waals surface area contributed by atoms with Crippen LogP contribution in [0.1, 0.15) is 5.56 Å². The van der Waals surface area contributed by atoms with Crippen LogP contribution in [0.15, 0.2) is 40.7 Å². The largest absolute Gasteiger partial charge is 0.379 e. The van der Waals surface area contributed by atoms with E-state index in [-0.39, 0.29) is 22.6 Å². The summed E-state index contributed by atoms with van der Waals surface area (Å²) < 4.78 is 31.2. The summed E-state index contributed by atoms with van der Waals surface area (Å²) in [5.41, 5.74) is 0.880. The zero-order chi connectivity index (χ0) is 17.7. The molecule has 0 saturated carbocycles. The van der Waals surface area contributed by atoms with Gasteiger partial charge in [-0.05, 0) is 11.6 Å². The molecular formula is C15H16N4O4S2. The van der Waals surface area contributed by atoms with E-state index < -0.39 is 15.9 Å². The lowest BCUT2D eigenvalue weighted by atomic mass is 10.2. The molecule has 0 radical (unpaired) electrons. The van der Waals surface area contributed by atoms with E-state index in [9.17, 15) is 13.2 Å². The topological polar surface area (TPSA) is 101 Å². The molecule has 0 spiro atoms. The van der Waals surface area contributed by atoms with Crippen LogP contribution in [-0.4, -0.2) is 55.1 Å². The summed E-state index contributed by atoms with van der Waals surface area (Å²) in [5.74, 6) is -0.407. The highest BCUT2D eigenvalue weighted by atomic mass is 32.2. The Bertz CT molecular complexity index is 859. The van der Waals surface area contributed by atoms with Crippen molar-refractivity contribution in [2.45, 2.75) is 4.34 Å². The average molecular weight is 380 g/mol. The van der Waals surface area contributed by atoms with Crippen LogP contribution in [0.3, 0.4) is 0 Å². The van der Waals surface area contributed by atoms with Gasteiger partial charge in [0.25, 0.3) is 10.0 Å². The fourth-order valence-corrected chi connectivity index (χ4v) is 4.59. The van der Waals surface area contributed by atoms with E-state index in [0.717, 1.165) is 16.9 Å². The second-order valence-corrected chi connectivity index (χ2v) is 8.21. The molecular weight excluding hydrogens is 364 g/mol. The van der Waals surface area contributed by atoms with E-state index in [1.807, 2.05) is 30.3 Å².